The largest absolute Gasteiger partial charge is 0.465 e. The fourth-order valence-electron chi connectivity index (χ4n) is 4.07. The number of esters is 2. The van der Waals surface area contributed by atoms with Gasteiger partial charge in [-0.15, -0.1) is 0 Å². The van der Waals surface area contributed by atoms with Crippen molar-refractivity contribution in [2.24, 2.45) is 16.7 Å². The maximum atomic E-state index is 12.1. The highest BCUT2D eigenvalue weighted by molar-refractivity contribution is 5.78. The van der Waals surface area contributed by atoms with E-state index in [1.54, 1.807) is 6.26 Å². The number of ketones is 1. The Bertz CT molecular complexity index is 614. The Morgan fingerprint density at radius 3 is 2.18 bits per heavy atom. The van der Waals surface area contributed by atoms with Crippen LogP contribution in [0.15, 0.2) is 11.8 Å². The number of hydrogen-bond acceptors (Lipinski definition) is 5. The fraction of sp³-hybridized carbons (Fsp3) is 0.783. The molecule has 0 aromatic heterocycles. The number of ether oxygens (including phenoxy) is 2. The molecule has 2 rings (SSSR count). The summed E-state index contributed by atoms with van der Waals surface area (Å²) in [4.78, 5) is 34.7. The smallest absolute Gasteiger partial charge is 0.314 e. The van der Waals surface area contributed by atoms with Crippen molar-refractivity contribution in [3.63, 3.8) is 0 Å². The van der Waals surface area contributed by atoms with E-state index >= 15 is 0 Å². The number of Topliss-reactive ketones (excluding diaryl/α,β-unsaturated/α-hetero) is 1. The van der Waals surface area contributed by atoms with Gasteiger partial charge in [0.05, 0.1) is 25.7 Å². The molecule has 1 fully saturated rings. The molecule has 0 amide bonds. The molecule has 2 heterocycles. The summed E-state index contributed by atoms with van der Waals surface area (Å²) < 4.78 is 10.0. The number of rotatable bonds is 12. The summed E-state index contributed by atoms with van der Waals surface area (Å²) in [5.41, 5.74) is 1.09. The highest BCUT2D eigenvalue weighted by Crippen LogP contribution is 2.38. The van der Waals surface area contributed by atoms with Gasteiger partial charge in [0.1, 0.15) is 5.78 Å². The Balaban J connectivity index is 1.55. The van der Waals surface area contributed by atoms with Gasteiger partial charge in [-0.1, -0.05) is 40.5 Å². The molecule has 0 saturated carbocycles. The molecule has 28 heavy (non-hydrogen) atoms. The first-order chi connectivity index (χ1) is 13.1. The third-order valence-electron chi connectivity index (χ3n) is 6.53. The second kappa shape index (κ2) is 9.71. The average Bonchev–Trinajstić information content (AvgIpc) is 3.25. The monoisotopic (exact) mass is 392 g/mol. The molecule has 5 heteroatoms. The molecule has 2 aliphatic rings. The van der Waals surface area contributed by atoms with Gasteiger partial charge in [-0.05, 0) is 42.1 Å². The second-order valence-electron chi connectivity index (χ2n) is 9.72. The van der Waals surface area contributed by atoms with E-state index in [1.165, 1.54) is 0 Å². The SMILES string of the molecule is CC(C)(CCCCC(=O)CCCCC(C)(C)C1COC(=O)C1)C1=COC(=O)C1. The molecular weight excluding hydrogens is 356 g/mol. The third kappa shape index (κ3) is 6.75. The molecule has 1 atom stereocenters. The van der Waals surface area contributed by atoms with E-state index in [1.807, 2.05) is 0 Å². The summed E-state index contributed by atoms with van der Waals surface area (Å²) in [5.74, 6) is 0.386. The first kappa shape index (κ1) is 22.6. The summed E-state index contributed by atoms with van der Waals surface area (Å²) in [7, 11) is 0. The standard InChI is InChI=1S/C23H36O5/c1-22(2,17-13-20(25)27-15-17)11-7-5-9-19(24)10-6-8-12-23(3,4)18-14-21(26)28-16-18/h15,18H,5-14,16H2,1-4H3. The Hall–Kier alpha value is -1.65. The van der Waals surface area contributed by atoms with Crippen LogP contribution in [0.4, 0.5) is 0 Å². The minimum Gasteiger partial charge on any atom is -0.465 e. The lowest BCUT2D eigenvalue weighted by Crippen LogP contribution is -2.24. The van der Waals surface area contributed by atoms with E-state index < -0.39 is 0 Å². The predicted octanol–water partition coefficient (Wildman–Crippen LogP) is 5.12. The lowest BCUT2D eigenvalue weighted by atomic mass is 9.74. The van der Waals surface area contributed by atoms with Crippen molar-refractivity contribution in [1.82, 2.24) is 0 Å². The average molecular weight is 393 g/mol. The topological polar surface area (TPSA) is 69.7 Å². The van der Waals surface area contributed by atoms with E-state index in [2.05, 4.69) is 27.7 Å². The number of hydrogen-bond donors (Lipinski definition) is 0. The summed E-state index contributed by atoms with van der Waals surface area (Å²) >= 11 is 0. The van der Waals surface area contributed by atoms with Gasteiger partial charge in [0, 0.05) is 18.8 Å². The van der Waals surface area contributed by atoms with Gasteiger partial charge in [-0.25, -0.2) is 0 Å². The molecule has 0 aromatic rings. The summed E-state index contributed by atoms with van der Waals surface area (Å²) in [6, 6.07) is 0. The van der Waals surface area contributed by atoms with Crippen LogP contribution in [0.3, 0.4) is 0 Å². The van der Waals surface area contributed by atoms with E-state index in [-0.39, 0.29) is 22.8 Å². The Morgan fingerprint density at radius 2 is 1.64 bits per heavy atom. The molecule has 0 bridgehead atoms. The maximum Gasteiger partial charge on any atom is 0.314 e. The molecule has 0 aromatic carbocycles. The zero-order valence-corrected chi connectivity index (χ0v) is 18.0. The molecular formula is C23H36O5. The maximum absolute atomic E-state index is 12.1. The predicted molar refractivity (Wildman–Crippen MR) is 107 cm³/mol. The third-order valence-corrected chi connectivity index (χ3v) is 6.53. The Labute approximate surface area is 169 Å². The zero-order chi connectivity index (χ0) is 20.8. The van der Waals surface area contributed by atoms with Crippen molar-refractivity contribution in [1.29, 1.82) is 0 Å². The molecule has 1 unspecified atom stereocenters. The second-order valence-corrected chi connectivity index (χ2v) is 9.72. The van der Waals surface area contributed by atoms with E-state index in [0.717, 1.165) is 44.1 Å². The molecule has 2 aliphatic heterocycles. The van der Waals surface area contributed by atoms with Crippen molar-refractivity contribution < 1.29 is 23.9 Å². The summed E-state index contributed by atoms with van der Waals surface area (Å²) in [5, 5.41) is 0. The van der Waals surface area contributed by atoms with Gasteiger partial charge >= 0.3 is 11.9 Å². The van der Waals surface area contributed by atoms with Crippen LogP contribution >= 0.6 is 0 Å². The van der Waals surface area contributed by atoms with Gasteiger partial charge in [-0.3, -0.25) is 14.4 Å². The van der Waals surface area contributed by atoms with Gasteiger partial charge in [0.2, 0.25) is 0 Å². The molecule has 0 radical (unpaired) electrons. The normalized spacial score (nSPS) is 20.1. The molecule has 0 N–H and O–H groups in total. The van der Waals surface area contributed by atoms with Crippen molar-refractivity contribution in [3.05, 3.63) is 11.8 Å². The number of cyclic esters (lactones) is 2. The minimum absolute atomic E-state index is 0.0495. The van der Waals surface area contributed by atoms with Crippen LogP contribution in [0.1, 0.15) is 91.9 Å². The van der Waals surface area contributed by atoms with Crippen LogP contribution in [0, 0.1) is 16.7 Å². The van der Waals surface area contributed by atoms with Gasteiger partial charge in [0.25, 0.3) is 0 Å². The Kier molecular flexibility index (Phi) is 7.85. The van der Waals surface area contributed by atoms with Crippen LogP contribution in [-0.4, -0.2) is 24.3 Å². The Morgan fingerprint density at radius 1 is 1.00 bits per heavy atom. The first-order valence-corrected chi connectivity index (χ1v) is 10.7. The lowest BCUT2D eigenvalue weighted by molar-refractivity contribution is -0.138. The van der Waals surface area contributed by atoms with Crippen molar-refractivity contribution >= 4 is 17.7 Å². The van der Waals surface area contributed by atoms with Crippen LogP contribution in [0.25, 0.3) is 0 Å². The minimum atomic E-state index is -0.173. The van der Waals surface area contributed by atoms with Crippen LogP contribution < -0.4 is 0 Å². The molecule has 5 nitrogen and oxygen atoms in total. The van der Waals surface area contributed by atoms with E-state index in [9.17, 15) is 14.4 Å². The highest BCUT2D eigenvalue weighted by atomic mass is 16.5. The van der Waals surface area contributed by atoms with Crippen LogP contribution in [0.5, 0.6) is 0 Å². The molecule has 0 aliphatic carbocycles. The number of carbonyl (C=O) groups is 3. The summed E-state index contributed by atoms with van der Waals surface area (Å²) in [6.45, 7) is 9.20. The van der Waals surface area contributed by atoms with Crippen molar-refractivity contribution in [2.45, 2.75) is 91.9 Å². The fourth-order valence-corrected chi connectivity index (χ4v) is 4.07. The molecule has 1 saturated heterocycles. The highest BCUT2D eigenvalue weighted by Gasteiger charge is 2.36. The summed E-state index contributed by atoms with van der Waals surface area (Å²) in [6.07, 6.45) is 9.59. The van der Waals surface area contributed by atoms with Crippen LogP contribution in [0.2, 0.25) is 0 Å². The van der Waals surface area contributed by atoms with Crippen molar-refractivity contribution in [3.8, 4) is 0 Å². The van der Waals surface area contributed by atoms with Crippen LogP contribution in [-0.2, 0) is 23.9 Å². The molecule has 158 valence electrons. The number of carbonyl (C=O) groups excluding carboxylic acids is 3. The lowest BCUT2D eigenvalue weighted by Gasteiger charge is -2.29. The van der Waals surface area contributed by atoms with E-state index in [4.69, 9.17) is 9.47 Å². The molecule has 0 spiro atoms. The van der Waals surface area contributed by atoms with Gasteiger partial charge < -0.3 is 9.47 Å². The van der Waals surface area contributed by atoms with Gasteiger partial charge in [-0.2, -0.15) is 0 Å². The first-order valence-electron chi connectivity index (χ1n) is 10.7. The number of unbranched alkanes of at least 4 members (excludes halogenated alkanes) is 2. The quantitative estimate of drug-likeness (QED) is 0.340. The van der Waals surface area contributed by atoms with E-state index in [0.29, 0.717) is 44.0 Å². The zero-order valence-electron chi connectivity index (χ0n) is 18.0. The van der Waals surface area contributed by atoms with Gasteiger partial charge in [0.15, 0.2) is 0 Å². The van der Waals surface area contributed by atoms with Crippen molar-refractivity contribution in [2.75, 3.05) is 6.61 Å².